The molecule has 0 aliphatic carbocycles. The fourth-order valence-corrected chi connectivity index (χ4v) is 0.611. The molecule has 0 saturated heterocycles. The summed E-state index contributed by atoms with van der Waals surface area (Å²) in [5.41, 5.74) is -0.379. The molecule has 0 spiro atoms. The molecule has 0 aliphatic heterocycles. The number of hydrogen-bond donors (Lipinski definition) is 1. The van der Waals surface area contributed by atoms with E-state index in [1.807, 2.05) is 0 Å². The fourth-order valence-electron chi connectivity index (χ4n) is 0.611. The van der Waals surface area contributed by atoms with Gasteiger partial charge in [-0.1, -0.05) is 0 Å². The summed E-state index contributed by atoms with van der Waals surface area (Å²) < 4.78 is 12.5. The first-order valence-electron chi connectivity index (χ1n) is 2.84. The summed E-state index contributed by atoms with van der Waals surface area (Å²) in [6.45, 7) is 2.92. The summed E-state index contributed by atoms with van der Waals surface area (Å²) in [4.78, 5) is 16.5. The number of aryl methyl sites for hydroxylation is 1. The van der Waals surface area contributed by atoms with Gasteiger partial charge in [-0.15, -0.1) is 0 Å². The maximum absolute atomic E-state index is 12.5. The largest absolute Gasteiger partial charge is 0.310 e. The second-order valence-corrected chi connectivity index (χ2v) is 2.07. The summed E-state index contributed by atoms with van der Waals surface area (Å²) in [6.07, 6.45) is 0. The first-order valence-corrected chi connectivity index (χ1v) is 2.84. The number of nitrogens with one attached hydrogen (secondary N) is 1. The Morgan fingerprint density at radius 1 is 1.50 bits per heavy atom. The van der Waals surface area contributed by atoms with Crippen LogP contribution >= 0.6 is 0 Å². The highest BCUT2D eigenvalue weighted by Crippen LogP contribution is 1.93. The van der Waals surface area contributed by atoms with Crippen molar-refractivity contribution in [2.24, 2.45) is 0 Å². The maximum atomic E-state index is 12.5. The number of hydrogen-bond acceptors (Lipinski definition) is 2. The van der Waals surface area contributed by atoms with Gasteiger partial charge < -0.3 is 4.98 Å². The van der Waals surface area contributed by atoms with E-state index < -0.39 is 11.5 Å². The molecule has 1 heterocycles. The Labute approximate surface area is 56.9 Å². The van der Waals surface area contributed by atoms with Gasteiger partial charge in [-0.05, 0) is 13.8 Å². The molecule has 0 radical (unpaired) electrons. The summed E-state index contributed by atoms with van der Waals surface area (Å²) in [5.74, 6) is -0.394. The number of H-pyrrole nitrogens is 1. The van der Waals surface area contributed by atoms with Gasteiger partial charge in [0.1, 0.15) is 5.82 Å². The predicted molar refractivity (Wildman–Crippen MR) is 34.3 cm³/mol. The molecule has 0 aromatic carbocycles. The first-order chi connectivity index (χ1) is 4.61. The zero-order valence-electron chi connectivity index (χ0n) is 5.73. The SMILES string of the molecule is Cc1nc(F)c(C)c(=O)[nH]1. The number of aromatic amines is 1. The van der Waals surface area contributed by atoms with E-state index in [2.05, 4.69) is 9.97 Å². The van der Waals surface area contributed by atoms with Crippen molar-refractivity contribution in [2.45, 2.75) is 13.8 Å². The van der Waals surface area contributed by atoms with Crippen LogP contribution in [0.15, 0.2) is 4.79 Å². The van der Waals surface area contributed by atoms with E-state index in [0.717, 1.165) is 0 Å². The Balaban J connectivity index is 3.46. The van der Waals surface area contributed by atoms with Gasteiger partial charge in [-0.25, -0.2) is 4.98 Å². The van der Waals surface area contributed by atoms with Crippen LogP contribution in [0.4, 0.5) is 4.39 Å². The van der Waals surface area contributed by atoms with Crippen LogP contribution in [-0.2, 0) is 0 Å². The Kier molecular flexibility index (Phi) is 1.53. The molecular formula is C6H7FN2O. The molecule has 10 heavy (non-hydrogen) atoms. The second kappa shape index (κ2) is 2.21. The van der Waals surface area contributed by atoms with Crippen molar-refractivity contribution >= 4 is 0 Å². The Bertz CT molecular complexity index is 305. The third kappa shape index (κ3) is 1.05. The van der Waals surface area contributed by atoms with E-state index in [-0.39, 0.29) is 5.56 Å². The van der Waals surface area contributed by atoms with Gasteiger partial charge in [0.15, 0.2) is 0 Å². The van der Waals surface area contributed by atoms with Crippen LogP contribution < -0.4 is 5.56 Å². The third-order valence-electron chi connectivity index (χ3n) is 1.21. The molecule has 4 heteroatoms. The highest BCUT2D eigenvalue weighted by atomic mass is 19.1. The molecule has 0 bridgehead atoms. The lowest BCUT2D eigenvalue weighted by atomic mass is 10.4. The van der Waals surface area contributed by atoms with E-state index in [0.29, 0.717) is 5.82 Å². The third-order valence-corrected chi connectivity index (χ3v) is 1.21. The minimum atomic E-state index is -0.693. The first kappa shape index (κ1) is 6.92. The minimum Gasteiger partial charge on any atom is -0.310 e. The molecule has 0 aliphatic rings. The molecule has 1 aromatic rings. The van der Waals surface area contributed by atoms with Crippen LogP contribution in [0.25, 0.3) is 0 Å². The van der Waals surface area contributed by atoms with E-state index >= 15 is 0 Å². The van der Waals surface area contributed by atoms with E-state index in [1.54, 1.807) is 0 Å². The van der Waals surface area contributed by atoms with Gasteiger partial charge >= 0.3 is 0 Å². The molecule has 0 saturated carbocycles. The van der Waals surface area contributed by atoms with Crippen molar-refractivity contribution in [3.63, 3.8) is 0 Å². The van der Waals surface area contributed by atoms with Crippen molar-refractivity contribution in [3.8, 4) is 0 Å². The van der Waals surface area contributed by atoms with Crippen LogP contribution in [0, 0.1) is 19.8 Å². The predicted octanol–water partition coefficient (Wildman–Crippen LogP) is 0.526. The van der Waals surface area contributed by atoms with Crippen LogP contribution in [0.5, 0.6) is 0 Å². The molecule has 0 unspecified atom stereocenters. The van der Waals surface area contributed by atoms with Crippen molar-refractivity contribution < 1.29 is 4.39 Å². The van der Waals surface area contributed by atoms with Crippen molar-refractivity contribution in [2.75, 3.05) is 0 Å². The van der Waals surface area contributed by atoms with Gasteiger partial charge in [0.05, 0.1) is 5.56 Å². The van der Waals surface area contributed by atoms with Crippen LogP contribution in [-0.4, -0.2) is 9.97 Å². The lowest BCUT2D eigenvalue weighted by molar-refractivity contribution is 0.561. The lowest BCUT2D eigenvalue weighted by Gasteiger charge is -1.94. The Hall–Kier alpha value is -1.19. The van der Waals surface area contributed by atoms with Crippen LogP contribution in [0.3, 0.4) is 0 Å². The molecule has 1 aromatic heterocycles. The zero-order chi connectivity index (χ0) is 7.72. The smallest absolute Gasteiger partial charge is 0.256 e. The standard InChI is InChI=1S/C6H7FN2O/c1-3-5(7)8-4(2)9-6(3)10/h1-2H3,(H,8,9,10). The average Bonchev–Trinajstić information content (AvgIpc) is 1.82. The van der Waals surface area contributed by atoms with Gasteiger partial charge in [0.2, 0.25) is 5.95 Å². The van der Waals surface area contributed by atoms with E-state index in [9.17, 15) is 9.18 Å². The summed E-state index contributed by atoms with van der Waals surface area (Å²) in [7, 11) is 0. The topological polar surface area (TPSA) is 45.8 Å². The maximum Gasteiger partial charge on any atom is 0.256 e. The van der Waals surface area contributed by atoms with Gasteiger partial charge in [0.25, 0.3) is 5.56 Å². The normalized spacial score (nSPS) is 9.90. The average molecular weight is 142 g/mol. The highest BCUT2D eigenvalue weighted by Gasteiger charge is 2.02. The molecule has 54 valence electrons. The second-order valence-electron chi connectivity index (χ2n) is 2.07. The number of nitrogens with zero attached hydrogens (tertiary/aromatic N) is 1. The van der Waals surface area contributed by atoms with Gasteiger partial charge in [-0.3, -0.25) is 4.79 Å². The quantitative estimate of drug-likeness (QED) is 0.537. The molecule has 0 atom stereocenters. The minimum absolute atomic E-state index is 0.0330. The van der Waals surface area contributed by atoms with Gasteiger partial charge in [-0.2, -0.15) is 4.39 Å². The van der Waals surface area contributed by atoms with Crippen molar-refractivity contribution in [3.05, 3.63) is 27.7 Å². The zero-order valence-corrected chi connectivity index (χ0v) is 5.73. The molecular weight excluding hydrogens is 135 g/mol. The summed E-state index contributed by atoms with van der Waals surface area (Å²) >= 11 is 0. The Morgan fingerprint density at radius 2 is 2.10 bits per heavy atom. The highest BCUT2D eigenvalue weighted by molar-refractivity contribution is 5.04. The fraction of sp³-hybridized carbons (Fsp3) is 0.333. The van der Waals surface area contributed by atoms with Crippen molar-refractivity contribution in [1.82, 2.24) is 9.97 Å². The Morgan fingerprint density at radius 3 is 2.60 bits per heavy atom. The molecule has 1 rings (SSSR count). The number of halogens is 1. The van der Waals surface area contributed by atoms with E-state index in [1.165, 1.54) is 13.8 Å². The lowest BCUT2D eigenvalue weighted by Crippen LogP contribution is -2.14. The van der Waals surface area contributed by atoms with Crippen molar-refractivity contribution in [1.29, 1.82) is 0 Å². The molecule has 0 amide bonds. The van der Waals surface area contributed by atoms with E-state index in [4.69, 9.17) is 0 Å². The van der Waals surface area contributed by atoms with Gasteiger partial charge in [0, 0.05) is 0 Å². The summed E-state index contributed by atoms with van der Waals surface area (Å²) in [5, 5.41) is 0. The molecule has 1 N–H and O–H groups in total. The molecule has 3 nitrogen and oxygen atoms in total. The summed E-state index contributed by atoms with van der Waals surface area (Å²) in [6, 6.07) is 0. The van der Waals surface area contributed by atoms with Crippen LogP contribution in [0.2, 0.25) is 0 Å². The monoisotopic (exact) mass is 142 g/mol. The number of aromatic nitrogens is 2. The molecule has 0 fully saturated rings. The van der Waals surface area contributed by atoms with Crippen LogP contribution in [0.1, 0.15) is 11.4 Å². The number of rotatable bonds is 0.